The van der Waals surface area contributed by atoms with Gasteiger partial charge in [0.1, 0.15) is 0 Å². The molecule has 2 N–H and O–H groups in total. The molecule has 1 aliphatic heterocycles. The summed E-state index contributed by atoms with van der Waals surface area (Å²) in [5.74, 6) is 0. The Kier molecular flexibility index (Phi) is 3.81. The van der Waals surface area contributed by atoms with E-state index in [4.69, 9.17) is 0 Å². The number of allylic oxidation sites excluding steroid dienone is 1. The lowest BCUT2D eigenvalue weighted by Gasteiger charge is -2.35. The topological polar surface area (TPSA) is 32.3 Å². The molecule has 1 fully saturated rings. The first-order valence-electron chi connectivity index (χ1n) is 6.44. The molecule has 0 bridgehead atoms. The minimum atomic E-state index is -0.518. The van der Waals surface area contributed by atoms with Crippen molar-refractivity contribution in [3.8, 4) is 0 Å². The molecule has 86 valence electrons. The van der Waals surface area contributed by atoms with Crippen molar-refractivity contribution in [2.75, 3.05) is 13.1 Å². The zero-order chi connectivity index (χ0) is 10.6. The summed E-state index contributed by atoms with van der Waals surface area (Å²) in [7, 11) is 0. The molecule has 0 aromatic carbocycles. The van der Waals surface area contributed by atoms with Crippen molar-refractivity contribution in [3.05, 3.63) is 11.6 Å². The van der Waals surface area contributed by atoms with Gasteiger partial charge in [-0.1, -0.05) is 18.9 Å². The third-order valence-electron chi connectivity index (χ3n) is 3.75. The summed E-state index contributed by atoms with van der Waals surface area (Å²) in [6.07, 6.45) is 11.9. The van der Waals surface area contributed by atoms with E-state index in [1.165, 1.54) is 31.3 Å². The van der Waals surface area contributed by atoms with E-state index < -0.39 is 5.60 Å². The van der Waals surface area contributed by atoms with E-state index in [2.05, 4.69) is 11.4 Å². The van der Waals surface area contributed by atoms with Crippen LogP contribution in [0.4, 0.5) is 0 Å². The molecule has 0 spiro atoms. The molecule has 1 atom stereocenters. The van der Waals surface area contributed by atoms with Crippen molar-refractivity contribution in [1.29, 1.82) is 0 Å². The monoisotopic (exact) mass is 209 g/mol. The smallest absolute Gasteiger partial charge is 0.0981 e. The van der Waals surface area contributed by atoms with Crippen LogP contribution >= 0.6 is 0 Å². The Labute approximate surface area is 92.8 Å². The van der Waals surface area contributed by atoms with E-state index in [-0.39, 0.29) is 0 Å². The van der Waals surface area contributed by atoms with Gasteiger partial charge in [0, 0.05) is 6.54 Å². The Balaban J connectivity index is 2.04. The van der Waals surface area contributed by atoms with Crippen LogP contribution in [-0.4, -0.2) is 23.8 Å². The third-order valence-corrected chi connectivity index (χ3v) is 3.75. The lowest BCUT2D eigenvalue weighted by molar-refractivity contribution is 0.0480. The standard InChI is InChI=1S/C13H23NO/c15-13(9-6-10-14-11-13)12-7-4-2-1-3-5-8-12/h7,14-15H,1-6,8-11H2. The number of rotatable bonds is 1. The first-order chi connectivity index (χ1) is 7.31. The van der Waals surface area contributed by atoms with Crippen molar-refractivity contribution in [3.63, 3.8) is 0 Å². The van der Waals surface area contributed by atoms with Crippen molar-refractivity contribution in [2.45, 2.75) is 57.0 Å². The highest BCUT2D eigenvalue weighted by molar-refractivity contribution is 5.19. The molecule has 1 saturated heterocycles. The van der Waals surface area contributed by atoms with Gasteiger partial charge in [-0.15, -0.1) is 0 Å². The minimum absolute atomic E-state index is 0.518. The summed E-state index contributed by atoms with van der Waals surface area (Å²) in [5.41, 5.74) is 0.796. The zero-order valence-corrected chi connectivity index (χ0v) is 9.60. The fourth-order valence-electron chi connectivity index (χ4n) is 2.78. The Bertz CT molecular complexity index is 229. The van der Waals surface area contributed by atoms with Crippen molar-refractivity contribution in [2.24, 2.45) is 0 Å². The lowest BCUT2D eigenvalue weighted by atomic mass is 9.82. The minimum Gasteiger partial charge on any atom is -0.384 e. The maximum atomic E-state index is 10.6. The van der Waals surface area contributed by atoms with Gasteiger partial charge in [-0.25, -0.2) is 0 Å². The van der Waals surface area contributed by atoms with Crippen LogP contribution in [0.25, 0.3) is 0 Å². The summed E-state index contributed by atoms with van der Waals surface area (Å²) in [6, 6.07) is 0. The quantitative estimate of drug-likeness (QED) is 0.650. The lowest BCUT2D eigenvalue weighted by Crippen LogP contribution is -2.47. The molecule has 0 saturated carbocycles. The Morgan fingerprint density at radius 1 is 1.13 bits per heavy atom. The second kappa shape index (κ2) is 5.13. The van der Waals surface area contributed by atoms with Gasteiger partial charge in [0.2, 0.25) is 0 Å². The number of hydrogen-bond donors (Lipinski definition) is 2. The van der Waals surface area contributed by atoms with Crippen LogP contribution < -0.4 is 5.32 Å². The molecule has 2 rings (SSSR count). The van der Waals surface area contributed by atoms with Crippen molar-refractivity contribution >= 4 is 0 Å². The maximum Gasteiger partial charge on any atom is 0.0981 e. The van der Waals surface area contributed by atoms with Gasteiger partial charge in [-0.2, -0.15) is 0 Å². The van der Waals surface area contributed by atoms with Crippen LogP contribution in [0.5, 0.6) is 0 Å². The predicted molar refractivity (Wildman–Crippen MR) is 62.8 cm³/mol. The van der Waals surface area contributed by atoms with Crippen molar-refractivity contribution < 1.29 is 5.11 Å². The Morgan fingerprint density at radius 3 is 2.80 bits per heavy atom. The number of β-amino-alcohol motifs (C(OH)–C–C–N with tert-alkyl or cyclic N) is 1. The fourth-order valence-corrected chi connectivity index (χ4v) is 2.78. The number of hydrogen-bond acceptors (Lipinski definition) is 2. The van der Waals surface area contributed by atoms with Crippen LogP contribution in [0, 0.1) is 0 Å². The van der Waals surface area contributed by atoms with E-state index >= 15 is 0 Å². The second-order valence-corrected chi connectivity index (χ2v) is 4.99. The van der Waals surface area contributed by atoms with Crippen LogP contribution in [0.3, 0.4) is 0 Å². The Morgan fingerprint density at radius 2 is 2.00 bits per heavy atom. The van der Waals surface area contributed by atoms with E-state index in [1.54, 1.807) is 0 Å². The molecule has 0 aromatic heterocycles. The highest BCUT2D eigenvalue weighted by Gasteiger charge is 2.32. The average molecular weight is 209 g/mol. The molecule has 15 heavy (non-hydrogen) atoms. The molecule has 0 amide bonds. The molecule has 1 heterocycles. The van der Waals surface area contributed by atoms with E-state index in [1.807, 2.05) is 0 Å². The summed E-state index contributed by atoms with van der Waals surface area (Å²) in [5, 5.41) is 13.9. The maximum absolute atomic E-state index is 10.6. The van der Waals surface area contributed by atoms with E-state index in [0.717, 1.165) is 38.8 Å². The normalized spacial score (nSPS) is 34.1. The largest absolute Gasteiger partial charge is 0.384 e. The predicted octanol–water partition coefficient (Wildman–Crippen LogP) is 2.38. The summed E-state index contributed by atoms with van der Waals surface area (Å²) in [4.78, 5) is 0. The molecule has 1 unspecified atom stereocenters. The number of piperidine rings is 1. The average Bonchev–Trinajstić information content (AvgIpc) is 2.17. The van der Waals surface area contributed by atoms with Crippen LogP contribution in [0.1, 0.15) is 51.4 Å². The van der Waals surface area contributed by atoms with Crippen LogP contribution in [0.2, 0.25) is 0 Å². The zero-order valence-electron chi connectivity index (χ0n) is 9.60. The van der Waals surface area contributed by atoms with Crippen molar-refractivity contribution in [1.82, 2.24) is 5.32 Å². The number of nitrogens with one attached hydrogen (secondary N) is 1. The Hall–Kier alpha value is -0.340. The molecular weight excluding hydrogens is 186 g/mol. The van der Waals surface area contributed by atoms with Gasteiger partial charge in [0.25, 0.3) is 0 Å². The first kappa shape index (κ1) is 11.2. The highest BCUT2D eigenvalue weighted by atomic mass is 16.3. The van der Waals surface area contributed by atoms with Crippen LogP contribution in [-0.2, 0) is 0 Å². The van der Waals surface area contributed by atoms with Gasteiger partial charge < -0.3 is 10.4 Å². The second-order valence-electron chi connectivity index (χ2n) is 4.99. The molecule has 2 aliphatic rings. The highest BCUT2D eigenvalue weighted by Crippen LogP contribution is 2.30. The number of aliphatic hydroxyl groups is 1. The third kappa shape index (κ3) is 2.82. The molecule has 0 radical (unpaired) electrons. The van der Waals surface area contributed by atoms with Gasteiger partial charge in [0.15, 0.2) is 0 Å². The van der Waals surface area contributed by atoms with Gasteiger partial charge >= 0.3 is 0 Å². The molecular formula is C13H23NO. The summed E-state index contributed by atoms with van der Waals surface area (Å²) in [6.45, 7) is 1.83. The summed E-state index contributed by atoms with van der Waals surface area (Å²) < 4.78 is 0. The SMILES string of the molecule is OC1(C2=CCCCCCC2)CCCNC1. The molecule has 0 aromatic rings. The summed E-state index contributed by atoms with van der Waals surface area (Å²) >= 11 is 0. The molecule has 2 heteroatoms. The van der Waals surface area contributed by atoms with Gasteiger partial charge in [-0.3, -0.25) is 0 Å². The first-order valence-corrected chi connectivity index (χ1v) is 6.44. The van der Waals surface area contributed by atoms with Gasteiger partial charge in [-0.05, 0) is 50.6 Å². The fraction of sp³-hybridized carbons (Fsp3) is 0.846. The van der Waals surface area contributed by atoms with Crippen LogP contribution in [0.15, 0.2) is 11.6 Å². The molecule has 2 nitrogen and oxygen atoms in total. The van der Waals surface area contributed by atoms with Gasteiger partial charge in [0.05, 0.1) is 5.60 Å². The molecule has 1 aliphatic carbocycles. The van der Waals surface area contributed by atoms with E-state index in [0.29, 0.717) is 0 Å². The van der Waals surface area contributed by atoms with E-state index in [9.17, 15) is 5.11 Å².